The number of fused-ring (bicyclic) bond motifs is 1. The highest BCUT2D eigenvalue weighted by Gasteiger charge is 2.14. The van der Waals surface area contributed by atoms with Crippen LogP contribution in [0.3, 0.4) is 0 Å². The quantitative estimate of drug-likeness (QED) is 0.263. The molecule has 0 aliphatic heterocycles. The fourth-order valence-electron chi connectivity index (χ4n) is 3.49. The van der Waals surface area contributed by atoms with Crippen molar-refractivity contribution >= 4 is 51.5 Å². The van der Waals surface area contributed by atoms with Crippen LogP contribution in [-0.2, 0) is 0 Å². The number of hydrogen-bond donors (Lipinski definition) is 3. The monoisotopic (exact) mass is 501 g/mol. The molecule has 7 nitrogen and oxygen atoms in total. The summed E-state index contributed by atoms with van der Waals surface area (Å²) in [5, 5.41) is 9.58. The lowest BCUT2D eigenvalue weighted by Gasteiger charge is -2.13. The highest BCUT2D eigenvalue weighted by atomic mass is 32.1. The molecule has 3 aromatic carbocycles. The van der Waals surface area contributed by atoms with Gasteiger partial charge >= 0.3 is 0 Å². The molecule has 0 radical (unpaired) electrons. The number of furan rings is 1. The van der Waals surface area contributed by atoms with Gasteiger partial charge in [-0.1, -0.05) is 38.1 Å². The molecule has 1 heterocycles. The van der Waals surface area contributed by atoms with Gasteiger partial charge in [0.15, 0.2) is 10.9 Å². The van der Waals surface area contributed by atoms with Gasteiger partial charge < -0.3 is 19.8 Å². The van der Waals surface area contributed by atoms with E-state index in [1.165, 1.54) is 0 Å². The Bertz CT molecular complexity index is 1390. The third-order valence-electron chi connectivity index (χ3n) is 5.29. The molecule has 8 heteroatoms. The van der Waals surface area contributed by atoms with Crippen molar-refractivity contribution in [3.05, 3.63) is 89.7 Å². The van der Waals surface area contributed by atoms with Gasteiger partial charge in [0.25, 0.3) is 11.8 Å². The number of thiocarbonyl (C=S) groups is 1. The van der Waals surface area contributed by atoms with Gasteiger partial charge in [-0.05, 0) is 79.2 Å². The zero-order valence-corrected chi connectivity index (χ0v) is 21.1. The summed E-state index contributed by atoms with van der Waals surface area (Å²) < 4.78 is 11.3. The van der Waals surface area contributed by atoms with Crippen LogP contribution in [0.4, 0.5) is 11.4 Å². The van der Waals surface area contributed by atoms with Gasteiger partial charge in [-0.2, -0.15) is 0 Å². The molecule has 184 valence electrons. The lowest BCUT2D eigenvalue weighted by Crippen LogP contribution is -2.34. The van der Waals surface area contributed by atoms with Crippen LogP contribution in [0.15, 0.2) is 77.2 Å². The van der Waals surface area contributed by atoms with Gasteiger partial charge in [0.1, 0.15) is 11.3 Å². The molecule has 2 amide bonds. The predicted octanol–water partition coefficient (Wildman–Crippen LogP) is 6.16. The maximum Gasteiger partial charge on any atom is 0.291 e. The first-order valence-electron chi connectivity index (χ1n) is 11.5. The maximum absolute atomic E-state index is 12.7. The average molecular weight is 502 g/mol. The van der Waals surface area contributed by atoms with Gasteiger partial charge in [-0.15, -0.1) is 0 Å². The molecule has 0 aliphatic rings. The zero-order chi connectivity index (χ0) is 25.7. The molecule has 0 fully saturated rings. The Balaban J connectivity index is 1.35. The Morgan fingerprint density at radius 2 is 1.75 bits per heavy atom. The number of amides is 2. The molecule has 0 bridgehead atoms. The first kappa shape index (κ1) is 24.9. The van der Waals surface area contributed by atoms with Crippen LogP contribution in [0.5, 0.6) is 5.75 Å². The first-order valence-corrected chi connectivity index (χ1v) is 11.9. The zero-order valence-electron chi connectivity index (χ0n) is 20.3. The van der Waals surface area contributed by atoms with E-state index in [-0.39, 0.29) is 22.7 Å². The van der Waals surface area contributed by atoms with Gasteiger partial charge in [0.2, 0.25) is 0 Å². The van der Waals surface area contributed by atoms with Crippen molar-refractivity contribution in [2.24, 2.45) is 5.92 Å². The largest absolute Gasteiger partial charge is 0.493 e. The second kappa shape index (κ2) is 11.0. The minimum absolute atomic E-state index is 0.159. The van der Waals surface area contributed by atoms with Gasteiger partial charge in [0, 0.05) is 22.3 Å². The van der Waals surface area contributed by atoms with Crippen molar-refractivity contribution in [3.63, 3.8) is 0 Å². The lowest BCUT2D eigenvalue weighted by molar-refractivity contribution is 0.0974. The fourth-order valence-corrected chi connectivity index (χ4v) is 3.70. The van der Waals surface area contributed by atoms with E-state index in [9.17, 15) is 9.59 Å². The smallest absolute Gasteiger partial charge is 0.291 e. The third-order valence-corrected chi connectivity index (χ3v) is 5.49. The van der Waals surface area contributed by atoms with Crippen LogP contribution >= 0.6 is 12.2 Å². The molecule has 36 heavy (non-hydrogen) atoms. The molecule has 1 aromatic heterocycles. The van der Waals surface area contributed by atoms with E-state index in [4.69, 9.17) is 21.4 Å². The Labute approximate surface area is 214 Å². The summed E-state index contributed by atoms with van der Waals surface area (Å²) >= 11 is 5.32. The Kier molecular flexibility index (Phi) is 7.65. The van der Waals surface area contributed by atoms with Crippen LogP contribution in [-0.4, -0.2) is 23.5 Å². The van der Waals surface area contributed by atoms with E-state index < -0.39 is 0 Å². The van der Waals surface area contributed by atoms with E-state index in [0.29, 0.717) is 40.8 Å². The Morgan fingerprint density at radius 1 is 0.944 bits per heavy atom. The standard InChI is InChI=1S/C28H27N3O4S/c1-17(2)16-34-22-9-6-8-20(14-22)26(32)31-28(36)29-21-11-12-23(18(3)13-21)30-27(33)25-15-19-7-4-5-10-24(19)35-25/h4-15,17H,16H2,1-3H3,(H,30,33)(H2,29,31,32,36). The van der Waals surface area contributed by atoms with Crippen molar-refractivity contribution in [2.75, 3.05) is 17.2 Å². The second-order valence-electron chi connectivity index (χ2n) is 8.77. The number of anilines is 2. The fraction of sp³-hybridized carbons (Fsp3) is 0.179. The SMILES string of the molecule is Cc1cc(NC(=S)NC(=O)c2cccc(OCC(C)C)c2)ccc1NC(=O)c1cc2ccccc2o1. The number of hydrogen-bond acceptors (Lipinski definition) is 5. The number of aryl methyl sites for hydroxylation is 1. The summed E-state index contributed by atoms with van der Waals surface area (Å²) in [6, 6.07) is 21.5. The van der Waals surface area contributed by atoms with Crippen molar-refractivity contribution in [1.29, 1.82) is 0 Å². The second-order valence-corrected chi connectivity index (χ2v) is 9.18. The molecule has 0 spiro atoms. The molecule has 0 saturated heterocycles. The molecule has 0 unspecified atom stereocenters. The summed E-state index contributed by atoms with van der Waals surface area (Å²) in [6.45, 7) is 6.55. The summed E-state index contributed by atoms with van der Waals surface area (Å²) in [4.78, 5) is 25.3. The molecule has 4 rings (SSSR count). The van der Waals surface area contributed by atoms with Crippen molar-refractivity contribution < 1.29 is 18.7 Å². The van der Waals surface area contributed by atoms with Crippen LogP contribution in [0, 0.1) is 12.8 Å². The lowest BCUT2D eigenvalue weighted by atomic mass is 10.1. The number of ether oxygens (including phenoxy) is 1. The van der Waals surface area contributed by atoms with E-state index in [1.807, 2.05) is 43.3 Å². The van der Waals surface area contributed by atoms with Crippen LogP contribution < -0.4 is 20.7 Å². The van der Waals surface area contributed by atoms with Crippen LogP contribution in [0.2, 0.25) is 0 Å². The number of benzene rings is 3. The first-order chi connectivity index (χ1) is 17.3. The highest BCUT2D eigenvalue weighted by Crippen LogP contribution is 2.23. The van der Waals surface area contributed by atoms with Crippen molar-refractivity contribution in [1.82, 2.24) is 5.32 Å². The van der Waals surface area contributed by atoms with Gasteiger partial charge in [-0.3, -0.25) is 14.9 Å². The maximum atomic E-state index is 12.7. The van der Waals surface area contributed by atoms with E-state index in [1.54, 1.807) is 36.4 Å². The Hall–Kier alpha value is -4.17. The number of para-hydroxylation sites is 1. The molecule has 3 N–H and O–H groups in total. The minimum Gasteiger partial charge on any atom is -0.493 e. The number of nitrogens with one attached hydrogen (secondary N) is 3. The molecule has 0 atom stereocenters. The summed E-state index contributed by atoms with van der Waals surface area (Å²) in [6.07, 6.45) is 0. The van der Waals surface area contributed by atoms with Crippen molar-refractivity contribution in [3.8, 4) is 5.75 Å². The summed E-state index contributed by atoms with van der Waals surface area (Å²) in [5.41, 5.74) is 3.23. The number of carbonyl (C=O) groups is 2. The summed E-state index contributed by atoms with van der Waals surface area (Å²) in [5.74, 6) is 0.575. The average Bonchev–Trinajstić information content (AvgIpc) is 3.29. The van der Waals surface area contributed by atoms with E-state index in [0.717, 1.165) is 10.9 Å². The van der Waals surface area contributed by atoms with Crippen LogP contribution in [0.1, 0.15) is 40.3 Å². The summed E-state index contributed by atoms with van der Waals surface area (Å²) in [7, 11) is 0. The molecular weight excluding hydrogens is 474 g/mol. The topological polar surface area (TPSA) is 92.6 Å². The molecule has 0 saturated carbocycles. The minimum atomic E-state index is -0.339. The van der Waals surface area contributed by atoms with Gasteiger partial charge in [0.05, 0.1) is 6.61 Å². The number of rotatable bonds is 7. The third kappa shape index (κ3) is 6.28. The highest BCUT2D eigenvalue weighted by molar-refractivity contribution is 7.80. The predicted molar refractivity (Wildman–Crippen MR) is 146 cm³/mol. The van der Waals surface area contributed by atoms with Gasteiger partial charge in [-0.25, -0.2) is 0 Å². The Morgan fingerprint density at radius 3 is 2.50 bits per heavy atom. The van der Waals surface area contributed by atoms with Crippen LogP contribution in [0.25, 0.3) is 11.0 Å². The molecular formula is C28H27N3O4S. The van der Waals surface area contributed by atoms with Crippen molar-refractivity contribution in [2.45, 2.75) is 20.8 Å². The molecule has 0 aliphatic carbocycles. The normalized spacial score (nSPS) is 10.8. The van der Waals surface area contributed by atoms with E-state index in [2.05, 4.69) is 29.8 Å². The number of carbonyl (C=O) groups excluding carboxylic acids is 2. The van der Waals surface area contributed by atoms with E-state index >= 15 is 0 Å². The molecule has 4 aromatic rings.